The van der Waals surface area contributed by atoms with E-state index in [4.69, 9.17) is 4.74 Å². The number of rotatable bonds is 8. The van der Waals surface area contributed by atoms with E-state index in [-0.39, 0.29) is 37.3 Å². The summed E-state index contributed by atoms with van der Waals surface area (Å²) in [5.74, 6) is 0.202. The number of piperazine rings is 1. The number of hydrogen-bond acceptors (Lipinski definition) is 6. The summed E-state index contributed by atoms with van der Waals surface area (Å²) in [5.41, 5.74) is 2.99. The minimum atomic E-state index is -0.713. The average molecular weight is 562 g/mol. The molecule has 2 saturated heterocycles. The molecule has 1 unspecified atom stereocenters. The molecule has 2 heterocycles. The minimum absolute atomic E-state index is 0.0335. The number of nitrogens with zero attached hydrogens (tertiary/aromatic N) is 4. The molecule has 2 atom stereocenters. The van der Waals surface area contributed by atoms with Gasteiger partial charge in [-0.3, -0.25) is 19.4 Å². The highest BCUT2D eigenvalue weighted by Gasteiger charge is 2.48. The van der Waals surface area contributed by atoms with E-state index >= 15 is 0 Å². The summed E-state index contributed by atoms with van der Waals surface area (Å²) in [5, 5.41) is 6.11. The van der Waals surface area contributed by atoms with Crippen molar-refractivity contribution in [2.75, 3.05) is 34.3 Å². The Morgan fingerprint density at radius 3 is 2.22 bits per heavy atom. The van der Waals surface area contributed by atoms with Crippen LogP contribution in [0.5, 0.6) is 5.75 Å². The van der Waals surface area contributed by atoms with Gasteiger partial charge in [0.2, 0.25) is 18.2 Å². The quantitative estimate of drug-likeness (QED) is 0.426. The van der Waals surface area contributed by atoms with E-state index in [1.807, 2.05) is 49.5 Å². The van der Waals surface area contributed by atoms with Gasteiger partial charge in [-0.2, -0.15) is 0 Å². The van der Waals surface area contributed by atoms with Crippen LogP contribution in [0.4, 0.5) is 4.39 Å². The van der Waals surface area contributed by atoms with Gasteiger partial charge in [0, 0.05) is 26.6 Å². The van der Waals surface area contributed by atoms with Crippen molar-refractivity contribution < 1.29 is 23.5 Å². The number of benzene rings is 3. The third-order valence-electron chi connectivity index (χ3n) is 7.20. The number of amides is 3. The number of hydrazine groups is 1. The van der Waals surface area contributed by atoms with Crippen molar-refractivity contribution in [1.29, 1.82) is 0 Å². The second kappa shape index (κ2) is 13.9. The highest BCUT2D eigenvalue weighted by Crippen LogP contribution is 2.27. The smallest absolute Gasteiger partial charge is 0.246 e. The van der Waals surface area contributed by atoms with Crippen LogP contribution in [0.2, 0.25) is 0 Å². The molecule has 0 bridgehead atoms. The maximum absolute atomic E-state index is 13.4. The molecule has 3 aromatic rings. The van der Waals surface area contributed by atoms with Crippen LogP contribution >= 0.6 is 0 Å². The van der Waals surface area contributed by atoms with E-state index in [1.54, 1.807) is 41.1 Å². The van der Waals surface area contributed by atoms with Crippen molar-refractivity contribution in [1.82, 2.24) is 25.1 Å². The van der Waals surface area contributed by atoms with Crippen molar-refractivity contribution in [2.24, 2.45) is 0 Å². The van der Waals surface area contributed by atoms with Gasteiger partial charge in [-0.15, -0.1) is 0 Å². The molecule has 3 amide bonds. The molecule has 5 rings (SSSR count). The maximum atomic E-state index is 13.4. The van der Waals surface area contributed by atoms with Crippen LogP contribution in [-0.4, -0.2) is 84.5 Å². The summed E-state index contributed by atoms with van der Waals surface area (Å²) in [6, 6.07) is 22.8. The molecule has 0 saturated carbocycles. The van der Waals surface area contributed by atoms with Crippen molar-refractivity contribution >= 4 is 18.2 Å². The molecule has 0 aromatic heterocycles. The van der Waals surface area contributed by atoms with Gasteiger partial charge in [-0.25, -0.2) is 9.40 Å². The molecule has 3 aromatic carbocycles. The number of halogens is 1. The van der Waals surface area contributed by atoms with Gasteiger partial charge in [0.1, 0.15) is 23.8 Å². The van der Waals surface area contributed by atoms with Crippen LogP contribution in [-0.2, 0) is 33.9 Å². The molecular formula is C31H36FN5O4. The number of nitrogens with one attached hydrogen (secondary N) is 1. The fraction of sp³-hybridized carbons (Fsp3) is 0.323. The summed E-state index contributed by atoms with van der Waals surface area (Å²) in [7, 11) is 5.29. The van der Waals surface area contributed by atoms with Crippen molar-refractivity contribution in [2.45, 2.75) is 31.7 Å². The fourth-order valence-electron chi connectivity index (χ4n) is 5.12. The van der Waals surface area contributed by atoms with Crippen LogP contribution < -0.4 is 10.1 Å². The highest BCUT2D eigenvalue weighted by molar-refractivity contribution is 5.91. The lowest BCUT2D eigenvalue weighted by Gasteiger charge is -2.53. The minimum Gasteiger partial charge on any atom is -0.497 e. The molecule has 216 valence electrons. The molecule has 2 aliphatic heterocycles. The van der Waals surface area contributed by atoms with E-state index in [1.165, 1.54) is 22.7 Å². The number of methoxy groups -OCH3 is 1. The van der Waals surface area contributed by atoms with Crippen molar-refractivity contribution in [3.63, 3.8) is 0 Å². The Morgan fingerprint density at radius 1 is 0.951 bits per heavy atom. The van der Waals surface area contributed by atoms with E-state index in [2.05, 4.69) is 17.4 Å². The highest BCUT2D eigenvalue weighted by atomic mass is 19.1. The van der Waals surface area contributed by atoms with Crippen LogP contribution in [0.25, 0.3) is 0 Å². The normalized spacial score (nSPS) is 18.9. The molecule has 2 aliphatic rings. The van der Waals surface area contributed by atoms with Crippen molar-refractivity contribution in [3.8, 4) is 5.75 Å². The van der Waals surface area contributed by atoms with Gasteiger partial charge in [0.25, 0.3) is 0 Å². The predicted molar refractivity (Wildman–Crippen MR) is 153 cm³/mol. The maximum Gasteiger partial charge on any atom is 0.246 e. The summed E-state index contributed by atoms with van der Waals surface area (Å²) in [6.45, 7) is 1.41. The van der Waals surface area contributed by atoms with E-state index in [0.717, 1.165) is 23.4 Å². The lowest BCUT2D eigenvalue weighted by Crippen LogP contribution is -2.74. The zero-order valence-electron chi connectivity index (χ0n) is 23.6. The Morgan fingerprint density at radius 2 is 1.61 bits per heavy atom. The SMILES string of the molecule is CN1CC(=O)N2C(CN(Cc3ccc(F)cc3)C(=O)[C@@H]2Cc2ccccc2)N1C=O.CNCc1ccc(OC)cc1. The Balaban J connectivity index is 0.000000296. The van der Waals surface area contributed by atoms with Gasteiger partial charge in [-0.1, -0.05) is 54.6 Å². The first kappa shape index (κ1) is 29.7. The van der Waals surface area contributed by atoms with Gasteiger partial charge in [-0.05, 0) is 48.0 Å². The lowest BCUT2D eigenvalue weighted by molar-refractivity contribution is -0.196. The number of hydrogen-bond donors (Lipinski definition) is 1. The van der Waals surface area contributed by atoms with Crippen LogP contribution in [0, 0.1) is 5.82 Å². The van der Waals surface area contributed by atoms with Gasteiger partial charge in [0.05, 0.1) is 20.2 Å². The number of carbonyl (C=O) groups excluding carboxylic acids is 3. The number of ether oxygens (including phenoxy) is 1. The largest absolute Gasteiger partial charge is 0.497 e. The Bertz CT molecular complexity index is 1310. The molecule has 0 radical (unpaired) electrons. The first-order valence-electron chi connectivity index (χ1n) is 13.4. The van der Waals surface area contributed by atoms with Gasteiger partial charge < -0.3 is 19.9 Å². The second-order valence-electron chi connectivity index (χ2n) is 10.0. The lowest BCUT2D eigenvalue weighted by atomic mass is 9.98. The molecule has 9 nitrogen and oxygen atoms in total. The summed E-state index contributed by atoms with van der Waals surface area (Å²) in [4.78, 5) is 41.3. The molecule has 1 N–H and O–H groups in total. The fourth-order valence-corrected chi connectivity index (χ4v) is 5.12. The number of fused-ring (bicyclic) bond motifs is 1. The summed E-state index contributed by atoms with van der Waals surface area (Å²) >= 11 is 0. The van der Waals surface area contributed by atoms with E-state index < -0.39 is 12.2 Å². The third kappa shape index (κ3) is 7.27. The molecule has 0 spiro atoms. The number of carbonyl (C=O) groups is 3. The topological polar surface area (TPSA) is 85.4 Å². The standard InChI is InChI=1S/C22H23FN4O3.C9H13NO/c1-24-14-21(29)27-19(11-16-5-3-2-4-6-16)22(30)25(13-20(27)26(24)15-28)12-17-7-9-18(23)10-8-17;1-10-7-8-3-5-9(11-2)6-4-8/h2-10,15,19-20H,11-14H2,1H3;3-6,10H,7H2,1-2H3/t19-,20?;/m0./s1. The zero-order chi connectivity index (χ0) is 29.4. The Hall–Kier alpha value is -4.28. The molecule has 41 heavy (non-hydrogen) atoms. The van der Waals surface area contributed by atoms with Crippen molar-refractivity contribution in [3.05, 3.63) is 101 Å². The Kier molecular flexibility index (Phi) is 10.0. The van der Waals surface area contributed by atoms with E-state index in [9.17, 15) is 18.8 Å². The van der Waals surface area contributed by atoms with Gasteiger partial charge in [0.15, 0.2) is 0 Å². The van der Waals surface area contributed by atoms with Crippen LogP contribution in [0.15, 0.2) is 78.9 Å². The predicted octanol–water partition coefficient (Wildman–Crippen LogP) is 2.67. The molecule has 10 heteroatoms. The van der Waals surface area contributed by atoms with Gasteiger partial charge >= 0.3 is 0 Å². The first-order valence-corrected chi connectivity index (χ1v) is 13.4. The summed E-state index contributed by atoms with van der Waals surface area (Å²) < 4.78 is 18.3. The zero-order valence-corrected chi connectivity index (χ0v) is 23.6. The second-order valence-corrected chi connectivity index (χ2v) is 10.0. The van der Waals surface area contributed by atoms with E-state index in [0.29, 0.717) is 12.8 Å². The van der Waals surface area contributed by atoms with Crippen LogP contribution in [0.3, 0.4) is 0 Å². The summed E-state index contributed by atoms with van der Waals surface area (Å²) in [6.07, 6.45) is 0.467. The monoisotopic (exact) mass is 561 g/mol. The Labute approximate surface area is 240 Å². The molecule has 0 aliphatic carbocycles. The molecular weight excluding hydrogens is 525 g/mol. The third-order valence-corrected chi connectivity index (χ3v) is 7.20. The number of likely N-dealkylation sites (N-methyl/N-ethyl adjacent to an activating group) is 1. The first-order chi connectivity index (χ1) is 19.8. The van der Waals surface area contributed by atoms with Crippen LogP contribution in [0.1, 0.15) is 16.7 Å². The molecule has 2 fully saturated rings. The average Bonchev–Trinajstić information content (AvgIpc) is 2.98.